The maximum absolute atomic E-state index is 13.8. The second-order valence-corrected chi connectivity index (χ2v) is 7.49. The number of benzene rings is 1. The van der Waals surface area contributed by atoms with Gasteiger partial charge in [-0.2, -0.15) is 4.72 Å². The molecule has 116 valence electrons. The summed E-state index contributed by atoms with van der Waals surface area (Å²) >= 11 is 5.10. The van der Waals surface area contributed by atoms with E-state index in [9.17, 15) is 12.8 Å². The first-order valence-corrected chi connectivity index (χ1v) is 8.85. The summed E-state index contributed by atoms with van der Waals surface area (Å²) in [6.45, 7) is 0. The number of hydrogen-bond donors (Lipinski definition) is 2. The Bertz CT molecular complexity index is 624. The monoisotopic (exact) mass is 330 g/mol. The van der Waals surface area contributed by atoms with Gasteiger partial charge in [0, 0.05) is 0 Å². The van der Waals surface area contributed by atoms with E-state index in [1.54, 1.807) is 0 Å². The molecule has 0 bridgehead atoms. The lowest BCUT2D eigenvalue weighted by Crippen LogP contribution is -2.56. The number of nitrogens with one attached hydrogen (secondary N) is 1. The predicted molar refractivity (Wildman–Crippen MR) is 83.9 cm³/mol. The summed E-state index contributed by atoms with van der Waals surface area (Å²) in [6, 6.07) is 5.29. The molecule has 1 aromatic carbocycles. The summed E-state index contributed by atoms with van der Waals surface area (Å²) in [5.74, 6) is -0.781. The van der Waals surface area contributed by atoms with Crippen LogP contribution >= 0.6 is 12.2 Å². The highest BCUT2D eigenvalue weighted by molar-refractivity contribution is 7.89. The SMILES string of the molecule is NC(=S)C1(NS(=O)(=O)c2ccccc2F)CCCCCC1. The number of nitrogens with two attached hydrogens (primary N) is 1. The number of thiocarbonyl (C=S) groups is 1. The van der Waals surface area contributed by atoms with Crippen LogP contribution in [0.4, 0.5) is 4.39 Å². The van der Waals surface area contributed by atoms with Gasteiger partial charge in [0.2, 0.25) is 10.0 Å². The van der Waals surface area contributed by atoms with Crippen LogP contribution in [0.1, 0.15) is 38.5 Å². The fourth-order valence-corrected chi connectivity index (χ4v) is 4.55. The molecule has 0 aliphatic heterocycles. The zero-order valence-electron chi connectivity index (χ0n) is 11.6. The van der Waals surface area contributed by atoms with E-state index in [2.05, 4.69) is 4.72 Å². The summed E-state index contributed by atoms with van der Waals surface area (Å²) < 4.78 is 41.3. The van der Waals surface area contributed by atoms with Crippen LogP contribution in [0.15, 0.2) is 29.2 Å². The molecule has 0 radical (unpaired) electrons. The van der Waals surface area contributed by atoms with Gasteiger partial charge < -0.3 is 5.73 Å². The molecular formula is C14H19FN2O2S2. The van der Waals surface area contributed by atoms with Gasteiger partial charge in [-0.15, -0.1) is 0 Å². The maximum atomic E-state index is 13.8. The lowest BCUT2D eigenvalue weighted by Gasteiger charge is -2.32. The van der Waals surface area contributed by atoms with Crippen molar-refractivity contribution >= 4 is 27.2 Å². The minimum absolute atomic E-state index is 0.129. The van der Waals surface area contributed by atoms with Crippen molar-refractivity contribution in [3.63, 3.8) is 0 Å². The zero-order chi connectivity index (χ0) is 15.5. The summed E-state index contributed by atoms with van der Waals surface area (Å²) in [5, 5.41) is 0. The average Bonchev–Trinajstić information content (AvgIpc) is 2.65. The Labute approximate surface area is 130 Å². The number of sulfonamides is 1. The van der Waals surface area contributed by atoms with Crippen LogP contribution in [0.3, 0.4) is 0 Å². The molecule has 4 nitrogen and oxygen atoms in total. The molecule has 1 fully saturated rings. The quantitative estimate of drug-likeness (QED) is 0.657. The van der Waals surface area contributed by atoms with Crippen LogP contribution in [0.5, 0.6) is 0 Å². The van der Waals surface area contributed by atoms with E-state index >= 15 is 0 Å². The Morgan fingerprint density at radius 1 is 1.19 bits per heavy atom. The first-order valence-electron chi connectivity index (χ1n) is 6.96. The van der Waals surface area contributed by atoms with E-state index < -0.39 is 21.4 Å². The molecule has 3 N–H and O–H groups in total. The van der Waals surface area contributed by atoms with Crippen molar-refractivity contribution in [3.05, 3.63) is 30.1 Å². The van der Waals surface area contributed by atoms with Crippen molar-refractivity contribution in [1.29, 1.82) is 0 Å². The molecule has 1 aliphatic carbocycles. The van der Waals surface area contributed by atoms with Crippen molar-refractivity contribution in [2.75, 3.05) is 0 Å². The van der Waals surface area contributed by atoms with Gasteiger partial charge in [-0.25, -0.2) is 12.8 Å². The molecule has 21 heavy (non-hydrogen) atoms. The third-order valence-corrected chi connectivity index (χ3v) is 5.84. The zero-order valence-corrected chi connectivity index (χ0v) is 13.3. The van der Waals surface area contributed by atoms with E-state index in [-0.39, 0.29) is 9.88 Å². The van der Waals surface area contributed by atoms with Crippen molar-refractivity contribution < 1.29 is 12.8 Å². The molecule has 0 saturated heterocycles. The standard InChI is InChI=1S/C14H19FN2O2S2/c15-11-7-3-4-8-12(11)21(18,19)17-14(13(16)20)9-5-1-2-6-10-14/h3-4,7-8,17H,1-2,5-6,9-10H2,(H2,16,20). The van der Waals surface area contributed by atoms with Crippen molar-refractivity contribution in [1.82, 2.24) is 4.72 Å². The molecule has 1 saturated carbocycles. The van der Waals surface area contributed by atoms with Gasteiger partial charge in [-0.1, -0.05) is 50.0 Å². The molecule has 0 heterocycles. The third-order valence-electron chi connectivity index (χ3n) is 3.88. The van der Waals surface area contributed by atoms with Crippen LogP contribution in [-0.2, 0) is 10.0 Å². The van der Waals surface area contributed by atoms with Crippen LogP contribution in [0.25, 0.3) is 0 Å². The topological polar surface area (TPSA) is 72.2 Å². The fraction of sp³-hybridized carbons (Fsp3) is 0.500. The van der Waals surface area contributed by atoms with Crippen molar-refractivity contribution in [3.8, 4) is 0 Å². The number of hydrogen-bond acceptors (Lipinski definition) is 3. The summed E-state index contributed by atoms with van der Waals surface area (Å²) in [4.78, 5) is -0.241. The normalized spacial score (nSPS) is 18.9. The van der Waals surface area contributed by atoms with Crippen LogP contribution < -0.4 is 10.5 Å². The third kappa shape index (κ3) is 3.59. The van der Waals surface area contributed by atoms with Gasteiger partial charge >= 0.3 is 0 Å². The Kier molecular flexibility index (Phi) is 4.95. The highest BCUT2D eigenvalue weighted by Crippen LogP contribution is 2.29. The smallest absolute Gasteiger partial charge is 0.244 e. The van der Waals surface area contributed by atoms with E-state index in [0.29, 0.717) is 12.8 Å². The predicted octanol–water partition coefficient (Wildman–Crippen LogP) is 2.48. The van der Waals surface area contributed by atoms with Gasteiger partial charge in [0.25, 0.3) is 0 Å². The largest absolute Gasteiger partial charge is 0.392 e. The van der Waals surface area contributed by atoms with Crippen LogP contribution in [-0.4, -0.2) is 18.9 Å². The maximum Gasteiger partial charge on any atom is 0.244 e. The van der Waals surface area contributed by atoms with E-state index in [4.69, 9.17) is 18.0 Å². The summed E-state index contributed by atoms with van der Waals surface area (Å²) in [6.07, 6.45) is 4.83. The van der Waals surface area contributed by atoms with Crippen LogP contribution in [0.2, 0.25) is 0 Å². The Morgan fingerprint density at radius 2 is 1.76 bits per heavy atom. The molecule has 0 atom stereocenters. The molecular weight excluding hydrogens is 311 g/mol. The fourth-order valence-electron chi connectivity index (χ4n) is 2.71. The Morgan fingerprint density at radius 3 is 2.29 bits per heavy atom. The van der Waals surface area contributed by atoms with E-state index in [0.717, 1.165) is 31.7 Å². The second-order valence-electron chi connectivity index (χ2n) is 5.40. The first-order chi connectivity index (χ1) is 9.87. The average molecular weight is 330 g/mol. The molecule has 1 aromatic rings. The van der Waals surface area contributed by atoms with Gasteiger partial charge in [-0.3, -0.25) is 0 Å². The molecule has 0 unspecified atom stereocenters. The number of halogens is 1. The molecule has 0 aromatic heterocycles. The van der Waals surface area contributed by atoms with Gasteiger partial charge in [0.1, 0.15) is 10.7 Å². The van der Waals surface area contributed by atoms with Gasteiger partial charge in [0.15, 0.2) is 0 Å². The highest BCUT2D eigenvalue weighted by Gasteiger charge is 2.38. The first kappa shape index (κ1) is 16.3. The summed E-state index contributed by atoms with van der Waals surface area (Å²) in [5.41, 5.74) is 4.85. The molecule has 0 amide bonds. The number of rotatable bonds is 4. The minimum atomic E-state index is -4.00. The Hall–Kier alpha value is -1.05. The van der Waals surface area contributed by atoms with E-state index in [1.165, 1.54) is 18.2 Å². The Balaban J connectivity index is 2.36. The summed E-state index contributed by atoms with van der Waals surface area (Å²) in [7, 11) is -4.00. The minimum Gasteiger partial charge on any atom is -0.392 e. The lowest BCUT2D eigenvalue weighted by molar-refractivity contribution is 0.439. The van der Waals surface area contributed by atoms with Crippen LogP contribution in [0, 0.1) is 5.82 Å². The van der Waals surface area contributed by atoms with Crippen molar-refractivity contribution in [2.45, 2.75) is 49.0 Å². The lowest BCUT2D eigenvalue weighted by atomic mass is 9.91. The van der Waals surface area contributed by atoms with Gasteiger partial charge in [0.05, 0.1) is 10.5 Å². The highest BCUT2D eigenvalue weighted by atomic mass is 32.2. The second kappa shape index (κ2) is 6.37. The molecule has 2 rings (SSSR count). The van der Waals surface area contributed by atoms with E-state index in [1.807, 2.05) is 0 Å². The molecule has 7 heteroatoms. The van der Waals surface area contributed by atoms with Gasteiger partial charge in [-0.05, 0) is 25.0 Å². The molecule has 1 aliphatic rings. The van der Waals surface area contributed by atoms with Crippen molar-refractivity contribution in [2.24, 2.45) is 5.73 Å². The molecule has 0 spiro atoms.